The molecule has 1 aliphatic rings. The van der Waals surface area contributed by atoms with E-state index in [9.17, 15) is 0 Å². The van der Waals surface area contributed by atoms with Crippen LogP contribution < -0.4 is 10.1 Å². The highest BCUT2D eigenvalue weighted by molar-refractivity contribution is 6.34. The number of para-hydroxylation sites is 1. The molecule has 2 heterocycles. The third-order valence-corrected chi connectivity index (χ3v) is 3.01. The average molecular weight is 239 g/mol. The van der Waals surface area contributed by atoms with E-state index in [1.165, 1.54) is 0 Å². The average Bonchev–Trinajstić information content (AvgIpc) is 2.90. The summed E-state index contributed by atoms with van der Waals surface area (Å²) in [6.07, 6.45) is 1.17. The number of hydrogen-bond donors (Lipinski definition) is 1. The first kappa shape index (κ1) is 9.93. The maximum absolute atomic E-state index is 5.99. The summed E-state index contributed by atoms with van der Waals surface area (Å²) in [5.41, 5.74) is 0.588. The van der Waals surface area contributed by atoms with E-state index in [-0.39, 0.29) is 6.10 Å². The van der Waals surface area contributed by atoms with Gasteiger partial charge in [0.25, 0.3) is 5.88 Å². The lowest BCUT2D eigenvalue weighted by molar-refractivity contribution is 0.204. The van der Waals surface area contributed by atoms with Crippen molar-refractivity contribution in [2.24, 2.45) is 0 Å². The van der Waals surface area contributed by atoms with Crippen molar-refractivity contribution in [2.75, 3.05) is 13.1 Å². The number of ether oxygens (including phenoxy) is 1. The quantitative estimate of drug-likeness (QED) is 0.872. The number of benzene rings is 1. The molecule has 0 spiro atoms. The zero-order valence-corrected chi connectivity index (χ0v) is 9.33. The minimum absolute atomic E-state index is 0.173. The second kappa shape index (κ2) is 3.96. The summed E-state index contributed by atoms with van der Waals surface area (Å²) in [4.78, 5) is 0. The van der Waals surface area contributed by atoms with Crippen molar-refractivity contribution < 1.29 is 9.26 Å². The van der Waals surface area contributed by atoms with Crippen LogP contribution >= 0.6 is 11.6 Å². The molecular weight excluding hydrogens is 228 g/mol. The normalized spacial score (nSPS) is 20.4. The van der Waals surface area contributed by atoms with E-state index in [1.807, 2.05) is 12.1 Å². The molecule has 5 heteroatoms. The molecule has 1 unspecified atom stereocenters. The molecule has 16 heavy (non-hydrogen) atoms. The van der Waals surface area contributed by atoms with Gasteiger partial charge >= 0.3 is 0 Å². The Morgan fingerprint density at radius 3 is 3.25 bits per heavy atom. The number of nitrogens with one attached hydrogen (secondary N) is 1. The summed E-state index contributed by atoms with van der Waals surface area (Å²) in [5, 5.41) is 8.54. The molecule has 1 aromatic heterocycles. The van der Waals surface area contributed by atoms with Gasteiger partial charge in [-0.15, -0.1) is 0 Å². The lowest BCUT2D eigenvalue weighted by atomic mass is 10.2. The maximum atomic E-state index is 5.99. The molecule has 0 aliphatic carbocycles. The SMILES string of the molecule is Clc1cccc2c(OC3CCNC3)noc12. The van der Waals surface area contributed by atoms with Gasteiger partial charge in [-0.05, 0) is 30.3 Å². The monoisotopic (exact) mass is 238 g/mol. The van der Waals surface area contributed by atoms with Crippen molar-refractivity contribution in [3.63, 3.8) is 0 Å². The van der Waals surface area contributed by atoms with Crippen LogP contribution in [0.3, 0.4) is 0 Å². The first-order valence-corrected chi connectivity index (χ1v) is 5.63. The smallest absolute Gasteiger partial charge is 0.262 e. The number of halogens is 1. The Morgan fingerprint density at radius 1 is 1.50 bits per heavy atom. The van der Waals surface area contributed by atoms with E-state index < -0.39 is 0 Å². The first-order valence-electron chi connectivity index (χ1n) is 5.26. The van der Waals surface area contributed by atoms with Gasteiger partial charge in [-0.2, -0.15) is 0 Å². The molecule has 0 amide bonds. The summed E-state index contributed by atoms with van der Waals surface area (Å²) < 4.78 is 10.9. The second-order valence-electron chi connectivity index (χ2n) is 3.84. The van der Waals surface area contributed by atoms with Crippen molar-refractivity contribution in [1.29, 1.82) is 0 Å². The van der Waals surface area contributed by atoms with Crippen LogP contribution in [-0.2, 0) is 0 Å². The van der Waals surface area contributed by atoms with Gasteiger partial charge in [0.05, 0.1) is 10.4 Å². The van der Waals surface area contributed by atoms with Crippen molar-refractivity contribution >= 4 is 22.6 Å². The third-order valence-electron chi connectivity index (χ3n) is 2.71. The number of aromatic nitrogens is 1. The van der Waals surface area contributed by atoms with Crippen LogP contribution in [0.2, 0.25) is 5.02 Å². The number of hydrogen-bond acceptors (Lipinski definition) is 4. The van der Waals surface area contributed by atoms with Gasteiger partial charge < -0.3 is 14.6 Å². The molecular formula is C11H11ClN2O2. The highest BCUT2D eigenvalue weighted by Crippen LogP contribution is 2.30. The molecule has 0 saturated carbocycles. The van der Waals surface area contributed by atoms with Gasteiger partial charge in [-0.3, -0.25) is 0 Å². The Morgan fingerprint density at radius 2 is 2.44 bits per heavy atom. The molecule has 1 aliphatic heterocycles. The van der Waals surface area contributed by atoms with E-state index in [2.05, 4.69) is 10.5 Å². The summed E-state index contributed by atoms with van der Waals surface area (Å²) in [6, 6.07) is 5.53. The number of fused-ring (bicyclic) bond motifs is 1. The largest absolute Gasteiger partial charge is 0.470 e. The van der Waals surface area contributed by atoms with Crippen LogP contribution in [0.5, 0.6) is 5.88 Å². The molecule has 1 N–H and O–H groups in total. The summed E-state index contributed by atoms with van der Waals surface area (Å²) in [6.45, 7) is 1.84. The van der Waals surface area contributed by atoms with Crippen LogP contribution in [0.4, 0.5) is 0 Å². The summed E-state index contributed by atoms with van der Waals surface area (Å²) >= 11 is 5.99. The molecule has 3 rings (SSSR count). The molecule has 1 saturated heterocycles. The lowest BCUT2D eigenvalue weighted by Gasteiger charge is -2.08. The van der Waals surface area contributed by atoms with Crippen LogP contribution in [0, 0.1) is 0 Å². The first-order chi connectivity index (χ1) is 7.84. The standard InChI is InChI=1S/C11H11ClN2O2/c12-9-3-1-2-8-10(9)16-14-11(8)15-7-4-5-13-6-7/h1-3,7,13H,4-6H2. The van der Waals surface area contributed by atoms with Gasteiger partial charge in [-0.25, -0.2) is 0 Å². The molecule has 2 aromatic rings. The fourth-order valence-electron chi connectivity index (χ4n) is 1.88. The summed E-state index contributed by atoms with van der Waals surface area (Å²) in [7, 11) is 0. The molecule has 4 nitrogen and oxygen atoms in total. The molecule has 1 aromatic carbocycles. The minimum atomic E-state index is 0.173. The van der Waals surface area contributed by atoms with Crippen molar-refractivity contribution in [2.45, 2.75) is 12.5 Å². The molecule has 0 radical (unpaired) electrons. The van der Waals surface area contributed by atoms with Crippen molar-refractivity contribution in [3.8, 4) is 5.88 Å². The van der Waals surface area contributed by atoms with Crippen molar-refractivity contribution in [3.05, 3.63) is 23.2 Å². The second-order valence-corrected chi connectivity index (χ2v) is 4.24. The molecule has 1 fully saturated rings. The van der Waals surface area contributed by atoms with E-state index in [0.717, 1.165) is 24.9 Å². The predicted molar refractivity (Wildman–Crippen MR) is 60.9 cm³/mol. The lowest BCUT2D eigenvalue weighted by Crippen LogP contribution is -2.19. The van der Waals surface area contributed by atoms with E-state index in [4.69, 9.17) is 20.9 Å². The minimum Gasteiger partial charge on any atom is -0.470 e. The van der Waals surface area contributed by atoms with Crippen molar-refractivity contribution in [1.82, 2.24) is 10.5 Å². The van der Waals surface area contributed by atoms with Gasteiger partial charge in [0.15, 0.2) is 5.58 Å². The molecule has 84 valence electrons. The Balaban J connectivity index is 1.94. The Bertz CT molecular complexity index is 506. The number of rotatable bonds is 2. The summed E-state index contributed by atoms with van der Waals surface area (Å²) in [5.74, 6) is 0.534. The van der Waals surface area contributed by atoms with Gasteiger partial charge in [0.1, 0.15) is 6.10 Å². The van der Waals surface area contributed by atoms with Gasteiger partial charge in [0.2, 0.25) is 0 Å². The highest BCUT2D eigenvalue weighted by atomic mass is 35.5. The van der Waals surface area contributed by atoms with E-state index >= 15 is 0 Å². The van der Waals surface area contributed by atoms with Crippen LogP contribution in [0.25, 0.3) is 11.0 Å². The van der Waals surface area contributed by atoms with Gasteiger partial charge in [0, 0.05) is 6.54 Å². The molecule has 1 atom stereocenters. The third kappa shape index (κ3) is 1.64. The maximum Gasteiger partial charge on any atom is 0.262 e. The number of nitrogens with zero attached hydrogens (tertiary/aromatic N) is 1. The predicted octanol–water partition coefficient (Wildman–Crippen LogP) is 2.22. The fourth-order valence-corrected chi connectivity index (χ4v) is 2.09. The zero-order valence-electron chi connectivity index (χ0n) is 8.57. The zero-order chi connectivity index (χ0) is 11.0. The topological polar surface area (TPSA) is 47.3 Å². The molecule has 0 bridgehead atoms. The van der Waals surface area contributed by atoms with Gasteiger partial charge in [-0.1, -0.05) is 17.7 Å². The Labute approximate surface area is 97.5 Å². The Kier molecular flexibility index (Phi) is 2.46. The van der Waals surface area contributed by atoms with E-state index in [1.54, 1.807) is 6.07 Å². The van der Waals surface area contributed by atoms with Crippen LogP contribution in [-0.4, -0.2) is 24.4 Å². The van der Waals surface area contributed by atoms with Crippen LogP contribution in [0.15, 0.2) is 22.7 Å². The Hall–Kier alpha value is -1.26. The van der Waals surface area contributed by atoms with Crippen LogP contribution in [0.1, 0.15) is 6.42 Å². The van der Waals surface area contributed by atoms with E-state index in [0.29, 0.717) is 16.5 Å². The highest BCUT2D eigenvalue weighted by Gasteiger charge is 2.20. The fraction of sp³-hybridized carbons (Fsp3) is 0.364.